The summed E-state index contributed by atoms with van der Waals surface area (Å²) in [6.07, 6.45) is 0.564. The number of carbonyl (C=O) groups excluding carboxylic acids is 5. The van der Waals surface area contributed by atoms with Crippen LogP contribution >= 0.6 is 9.39 Å². The van der Waals surface area contributed by atoms with Crippen LogP contribution in [-0.2, 0) is 38.8 Å². The number of ether oxygens (including phenoxy) is 1. The number of nitrogens with zero attached hydrogens (tertiary/aromatic N) is 1. The van der Waals surface area contributed by atoms with Crippen molar-refractivity contribution in [3.63, 3.8) is 0 Å². The highest BCUT2D eigenvalue weighted by atomic mass is 31.0. The molecule has 12 heteroatoms. The molecule has 0 spiro atoms. The third-order valence-electron chi connectivity index (χ3n) is 7.71. The third-order valence-corrected chi connectivity index (χ3v) is 7.91. The Labute approximate surface area is 280 Å². The van der Waals surface area contributed by atoms with Gasteiger partial charge in [0.2, 0.25) is 5.91 Å². The summed E-state index contributed by atoms with van der Waals surface area (Å²) in [7, 11) is 3.80. The molecule has 2 rings (SSSR count). The van der Waals surface area contributed by atoms with Crippen LogP contribution < -0.4 is 15.1 Å². The molecule has 0 saturated carbocycles. The van der Waals surface area contributed by atoms with Gasteiger partial charge in [-0.15, -0.1) is 0 Å². The van der Waals surface area contributed by atoms with Crippen LogP contribution in [0, 0.1) is 18.8 Å². The van der Waals surface area contributed by atoms with Gasteiger partial charge in [0.25, 0.3) is 0 Å². The van der Waals surface area contributed by atoms with Crippen LogP contribution in [0.15, 0.2) is 42.5 Å². The van der Waals surface area contributed by atoms with Gasteiger partial charge in [-0.3, -0.25) is 24.3 Å². The minimum absolute atomic E-state index is 0.00626. The molecule has 0 aliphatic rings. The molecule has 0 aliphatic carbocycles. The zero-order valence-electron chi connectivity index (χ0n) is 27.9. The van der Waals surface area contributed by atoms with Crippen molar-refractivity contribution in [3.05, 3.63) is 64.7 Å². The number of Topliss-reactive ketones (excluding diaryl/α,β-unsaturated/α-hetero) is 3. The monoisotopic (exact) mass is 671 g/mol. The van der Waals surface area contributed by atoms with E-state index in [4.69, 9.17) is 4.74 Å². The average Bonchev–Trinajstić information content (AvgIpc) is 3.03. The molecule has 2 amide bonds. The maximum atomic E-state index is 13.4. The van der Waals surface area contributed by atoms with Crippen molar-refractivity contribution in [2.75, 3.05) is 20.1 Å². The predicted molar refractivity (Wildman–Crippen MR) is 183 cm³/mol. The molecule has 0 aromatic heterocycles. The van der Waals surface area contributed by atoms with Gasteiger partial charge >= 0.3 is 6.09 Å². The smallest absolute Gasteiger partial charge is 0.409 e. The summed E-state index contributed by atoms with van der Waals surface area (Å²) in [5, 5.41) is 25.0. The fraction of sp³-hybridized carbons (Fsp3) is 0.514. The Morgan fingerprint density at radius 3 is 2.15 bits per heavy atom. The summed E-state index contributed by atoms with van der Waals surface area (Å²) in [6, 6.07) is 12.0. The Hall–Kier alpha value is -3.50. The van der Waals surface area contributed by atoms with Gasteiger partial charge in [0.1, 0.15) is 17.3 Å². The molecule has 4 N–H and O–H groups in total. The Balaban J connectivity index is 1.92. The predicted octanol–water partition coefficient (Wildman–Crippen LogP) is 3.84. The van der Waals surface area contributed by atoms with E-state index in [1.807, 2.05) is 44.2 Å². The molecule has 47 heavy (non-hydrogen) atoms. The van der Waals surface area contributed by atoms with Gasteiger partial charge in [-0.2, -0.15) is 0 Å². The number of carbonyl (C=O) groups is 5. The molecule has 0 radical (unpaired) electrons. The molecule has 3 atom stereocenters. The molecule has 0 fully saturated rings. The van der Waals surface area contributed by atoms with E-state index in [9.17, 15) is 34.2 Å². The molecule has 0 aliphatic heterocycles. The lowest BCUT2D eigenvalue weighted by atomic mass is 9.91. The van der Waals surface area contributed by atoms with Gasteiger partial charge < -0.3 is 25.2 Å². The molecule has 0 bridgehead atoms. The van der Waals surface area contributed by atoms with Crippen LogP contribution in [0.3, 0.4) is 0 Å². The highest BCUT2D eigenvalue weighted by Gasteiger charge is 2.28. The van der Waals surface area contributed by atoms with Gasteiger partial charge in [0.05, 0.1) is 25.8 Å². The molecule has 0 heterocycles. The molecule has 2 aromatic rings. The van der Waals surface area contributed by atoms with E-state index in [-0.39, 0.29) is 86.9 Å². The van der Waals surface area contributed by atoms with Crippen molar-refractivity contribution in [2.24, 2.45) is 11.8 Å². The zero-order chi connectivity index (χ0) is 34.9. The number of benzene rings is 2. The molecular weight excluding hydrogens is 621 g/mol. The van der Waals surface area contributed by atoms with Crippen LogP contribution in [0.5, 0.6) is 5.75 Å². The minimum Gasteiger partial charge on any atom is -0.409 e. The Morgan fingerprint density at radius 1 is 0.936 bits per heavy atom. The molecule has 0 saturated heterocycles. The van der Waals surface area contributed by atoms with Crippen molar-refractivity contribution < 1.29 is 38.9 Å². The first kappa shape index (κ1) is 39.7. The first-order chi connectivity index (χ1) is 22.4. The maximum absolute atomic E-state index is 13.4. The number of amides is 2. The standard InChI is InChI=1S/C35H50N3O8P/c1-23(2)15-31(37-34(44)26(19-30(42)20-36-47)18-25-9-6-5-7-10-25)32(43)13-12-29(41)11-8-14-38(4)35(45)46-33-27(21-39)16-24(3)17-28(33)22-40/h5-7,9-10,16-17,23,26,31,36,39-40H,8,11-15,18-22,47H2,1-4H3,(H,37,44). The number of aryl methyl sites for hydroxylation is 1. The number of hydrogen-bond donors (Lipinski definition) is 4. The first-order valence-corrected chi connectivity index (χ1v) is 16.6. The summed E-state index contributed by atoms with van der Waals surface area (Å²) in [5.41, 5.74) is 2.49. The second-order valence-corrected chi connectivity index (χ2v) is 12.7. The molecule has 2 aromatic carbocycles. The quantitative estimate of drug-likeness (QED) is 0.145. The van der Waals surface area contributed by atoms with E-state index in [0.717, 1.165) is 11.1 Å². The van der Waals surface area contributed by atoms with Gasteiger partial charge in [0.15, 0.2) is 5.78 Å². The van der Waals surface area contributed by atoms with Crippen molar-refractivity contribution >= 4 is 38.7 Å². The summed E-state index contributed by atoms with van der Waals surface area (Å²) in [4.78, 5) is 65.7. The van der Waals surface area contributed by atoms with E-state index in [2.05, 4.69) is 19.8 Å². The SMILES string of the molecule is Cc1cc(CO)c(OC(=O)N(C)CCCC(=O)CCC(=O)C(CC(C)C)NC(=O)C(CC(=O)CNP)Cc2ccccc2)c(CO)c1. The summed E-state index contributed by atoms with van der Waals surface area (Å²) < 4.78 is 5.46. The van der Waals surface area contributed by atoms with Crippen LogP contribution in [0.25, 0.3) is 0 Å². The Kier molecular flexibility index (Phi) is 17.5. The van der Waals surface area contributed by atoms with Crippen LogP contribution in [0.2, 0.25) is 0 Å². The number of nitrogens with one attached hydrogen (secondary N) is 2. The molecule has 11 nitrogen and oxygen atoms in total. The highest BCUT2D eigenvalue weighted by molar-refractivity contribution is 7.13. The summed E-state index contributed by atoms with van der Waals surface area (Å²) in [6.45, 7) is 5.30. The summed E-state index contributed by atoms with van der Waals surface area (Å²) >= 11 is 0. The largest absolute Gasteiger partial charge is 0.414 e. The highest BCUT2D eigenvalue weighted by Crippen LogP contribution is 2.27. The lowest BCUT2D eigenvalue weighted by molar-refractivity contribution is -0.132. The van der Waals surface area contributed by atoms with E-state index in [0.29, 0.717) is 30.4 Å². The number of aliphatic hydroxyl groups excluding tert-OH is 2. The fourth-order valence-corrected chi connectivity index (χ4v) is 5.50. The Bertz CT molecular complexity index is 1330. The minimum atomic E-state index is -0.779. The summed E-state index contributed by atoms with van der Waals surface area (Å²) in [5.74, 6) is -1.29. The normalized spacial score (nSPS) is 12.3. The topological polar surface area (TPSA) is 162 Å². The molecule has 3 unspecified atom stereocenters. The number of ketones is 3. The lowest BCUT2D eigenvalue weighted by Crippen LogP contribution is -2.45. The van der Waals surface area contributed by atoms with E-state index in [1.165, 1.54) is 11.9 Å². The second kappa shape index (κ2) is 20.7. The number of rotatable bonds is 21. The van der Waals surface area contributed by atoms with Crippen molar-refractivity contribution in [1.82, 2.24) is 15.3 Å². The fourth-order valence-electron chi connectivity index (χ4n) is 5.28. The second-order valence-electron chi connectivity index (χ2n) is 12.3. The van der Waals surface area contributed by atoms with Crippen molar-refractivity contribution in [2.45, 2.75) is 85.0 Å². The van der Waals surface area contributed by atoms with Crippen molar-refractivity contribution in [3.8, 4) is 5.75 Å². The first-order valence-electron chi connectivity index (χ1n) is 16.0. The van der Waals surface area contributed by atoms with E-state index >= 15 is 0 Å². The lowest BCUT2D eigenvalue weighted by Gasteiger charge is -2.23. The van der Waals surface area contributed by atoms with Crippen LogP contribution in [0.1, 0.15) is 74.6 Å². The van der Waals surface area contributed by atoms with Crippen LogP contribution in [-0.4, -0.2) is 70.6 Å². The molecular formula is C35H50N3O8P. The Morgan fingerprint density at radius 2 is 1.57 bits per heavy atom. The van der Waals surface area contributed by atoms with Gasteiger partial charge in [-0.1, -0.05) is 71.3 Å². The number of aliphatic hydroxyl groups is 2. The van der Waals surface area contributed by atoms with E-state index < -0.39 is 18.1 Å². The zero-order valence-corrected chi connectivity index (χ0v) is 29.1. The van der Waals surface area contributed by atoms with Gasteiger partial charge in [-0.05, 0) is 37.7 Å². The average molecular weight is 672 g/mol. The van der Waals surface area contributed by atoms with E-state index in [1.54, 1.807) is 19.1 Å². The third kappa shape index (κ3) is 14.0. The van der Waals surface area contributed by atoms with Gasteiger partial charge in [0, 0.05) is 56.3 Å². The number of hydrogen-bond acceptors (Lipinski definition) is 9. The van der Waals surface area contributed by atoms with Gasteiger partial charge in [-0.25, -0.2) is 4.79 Å². The maximum Gasteiger partial charge on any atom is 0.414 e. The van der Waals surface area contributed by atoms with Crippen LogP contribution in [0.4, 0.5) is 4.79 Å². The van der Waals surface area contributed by atoms with Crippen molar-refractivity contribution in [1.29, 1.82) is 0 Å². The molecule has 258 valence electrons.